The normalized spacial score (nSPS) is 39.0. The van der Waals surface area contributed by atoms with Crippen LogP contribution in [0, 0.1) is 17.3 Å². The summed E-state index contributed by atoms with van der Waals surface area (Å²) < 4.78 is 5.78. The maximum Gasteiger partial charge on any atom is 0.307 e. The lowest BCUT2D eigenvalue weighted by Crippen LogP contribution is -2.55. The van der Waals surface area contributed by atoms with Crippen LogP contribution in [0.4, 0.5) is 0 Å². The van der Waals surface area contributed by atoms with Crippen LogP contribution in [0.15, 0.2) is 0 Å². The molecule has 2 saturated carbocycles. The molecule has 1 aliphatic heterocycles. The van der Waals surface area contributed by atoms with Crippen molar-refractivity contribution in [1.82, 2.24) is 4.90 Å². The van der Waals surface area contributed by atoms with Crippen LogP contribution in [0.5, 0.6) is 0 Å². The third-order valence-corrected chi connectivity index (χ3v) is 5.37. The van der Waals surface area contributed by atoms with Gasteiger partial charge < -0.3 is 14.7 Å². The molecule has 2 unspecified atom stereocenters. The molecule has 3 rings (SSSR count). The van der Waals surface area contributed by atoms with E-state index in [9.17, 15) is 14.7 Å². The molecule has 20 heavy (non-hydrogen) atoms. The van der Waals surface area contributed by atoms with Crippen molar-refractivity contribution in [3.8, 4) is 0 Å². The number of morpholine rings is 1. The van der Waals surface area contributed by atoms with Gasteiger partial charge in [0.25, 0.3) is 0 Å². The summed E-state index contributed by atoms with van der Waals surface area (Å²) in [5.41, 5.74) is -0.411. The molecular formula is C15H23NO4. The van der Waals surface area contributed by atoms with Crippen molar-refractivity contribution in [3.05, 3.63) is 0 Å². The summed E-state index contributed by atoms with van der Waals surface area (Å²) in [5, 5.41) is 9.24. The first-order valence-electron chi connectivity index (χ1n) is 7.59. The van der Waals surface area contributed by atoms with Gasteiger partial charge in [0.2, 0.25) is 5.91 Å². The monoisotopic (exact) mass is 281 g/mol. The topological polar surface area (TPSA) is 66.8 Å². The van der Waals surface area contributed by atoms with Crippen LogP contribution in [0.25, 0.3) is 0 Å². The van der Waals surface area contributed by atoms with E-state index in [1.165, 1.54) is 0 Å². The van der Waals surface area contributed by atoms with Gasteiger partial charge in [-0.05, 0) is 18.3 Å². The fourth-order valence-corrected chi connectivity index (χ4v) is 4.11. The highest BCUT2D eigenvalue weighted by Gasteiger charge is 2.67. The molecule has 5 nitrogen and oxygen atoms in total. The molecule has 1 amide bonds. The number of carboxylic acids is 1. The van der Waals surface area contributed by atoms with E-state index in [-0.39, 0.29) is 24.0 Å². The molecule has 0 radical (unpaired) electrons. The molecule has 3 aliphatic rings. The number of fused-ring (bicyclic) bond motifs is 1. The Labute approximate surface area is 119 Å². The van der Waals surface area contributed by atoms with Gasteiger partial charge in [0.1, 0.15) is 0 Å². The Balaban J connectivity index is 1.75. The maximum absolute atomic E-state index is 12.8. The maximum atomic E-state index is 12.8. The number of rotatable bonds is 2. The number of hydrogen-bond acceptors (Lipinski definition) is 3. The van der Waals surface area contributed by atoms with Gasteiger partial charge in [-0.25, -0.2) is 0 Å². The Morgan fingerprint density at radius 3 is 2.55 bits per heavy atom. The number of carbonyl (C=O) groups excluding carboxylic acids is 1. The molecule has 0 aromatic heterocycles. The quantitative estimate of drug-likeness (QED) is 0.833. The van der Waals surface area contributed by atoms with Gasteiger partial charge in [0, 0.05) is 6.54 Å². The fraction of sp³-hybridized carbons (Fsp3) is 0.867. The number of carboxylic acid groups (broad SMARTS) is 1. The van der Waals surface area contributed by atoms with Gasteiger partial charge in [0.15, 0.2) is 0 Å². The summed E-state index contributed by atoms with van der Waals surface area (Å²) in [6.07, 6.45) is 4.46. The number of nitrogens with zero attached hydrogens (tertiary/aromatic N) is 1. The number of carbonyl (C=O) groups is 2. The lowest BCUT2D eigenvalue weighted by atomic mass is 9.89. The summed E-state index contributed by atoms with van der Waals surface area (Å²) in [6, 6.07) is 0.163. The minimum absolute atomic E-state index is 0.0302. The minimum atomic E-state index is -0.846. The highest BCUT2D eigenvalue weighted by atomic mass is 16.5. The van der Waals surface area contributed by atoms with Crippen LogP contribution < -0.4 is 0 Å². The third kappa shape index (κ3) is 2.03. The van der Waals surface area contributed by atoms with E-state index in [1.807, 2.05) is 18.7 Å². The SMILES string of the molecule is CC1(C)[C@H](C(=O)O)[C@@H]1C(=O)N1CCOC2CCCCC21. The number of hydrogen-bond donors (Lipinski definition) is 1. The average molecular weight is 281 g/mol. The van der Waals surface area contributed by atoms with Crippen molar-refractivity contribution in [2.24, 2.45) is 17.3 Å². The van der Waals surface area contributed by atoms with Crippen molar-refractivity contribution in [3.63, 3.8) is 0 Å². The second-order valence-corrected chi connectivity index (χ2v) is 6.91. The minimum Gasteiger partial charge on any atom is -0.481 e. The molecule has 0 bridgehead atoms. The summed E-state index contributed by atoms with van der Waals surface area (Å²) in [4.78, 5) is 25.9. The summed E-state index contributed by atoms with van der Waals surface area (Å²) in [7, 11) is 0. The molecule has 112 valence electrons. The van der Waals surface area contributed by atoms with Gasteiger partial charge in [-0.15, -0.1) is 0 Å². The van der Waals surface area contributed by atoms with Crippen molar-refractivity contribution < 1.29 is 19.4 Å². The fourth-order valence-electron chi connectivity index (χ4n) is 4.11. The second-order valence-electron chi connectivity index (χ2n) is 6.91. The molecule has 2 aliphatic carbocycles. The van der Waals surface area contributed by atoms with Crippen LogP contribution in [0.1, 0.15) is 39.5 Å². The summed E-state index contributed by atoms with van der Waals surface area (Å²) in [5.74, 6) is -1.70. The van der Waals surface area contributed by atoms with E-state index in [2.05, 4.69) is 0 Å². The molecule has 4 atom stereocenters. The highest BCUT2D eigenvalue weighted by molar-refractivity contribution is 5.92. The molecule has 5 heteroatoms. The Morgan fingerprint density at radius 1 is 1.20 bits per heavy atom. The van der Waals surface area contributed by atoms with Crippen molar-refractivity contribution in [2.75, 3.05) is 13.2 Å². The predicted molar refractivity (Wildman–Crippen MR) is 72.1 cm³/mol. The highest BCUT2D eigenvalue weighted by Crippen LogP contribution is 2.59. The lowest BCUT2D eigenvalue weighted by molar-refractivity contribution is -0.153. The van der Waals surface area contributed by atoms with Crippen LogP contribution in [0.3, 0.4) is 0 Å². The van der Waals surface area contributed by atoms with Crippen LogP contribution in [-0.4, -0.2) is 47.2 Å². The van der Waals surface area contributed by atoms with Crippen LogP contribution in [0.2, 0.25) is 0 Å². The van der Waals surface area contributed by atoms with Gasteiger partial charge >= 0.3 is 5.97 Å². The standard InChI is InChI=1S/C15H23NO4/c1-15(2)11(12(15)14(18)19)13(17)16-7-8-20-10-6-4-3-5-9(10)16/h9-12H,3-8H2,1-2H3,(H,18,19)/t9?,10?,11-,12+/m1/s1. The molecular weight excluding hydrogens is 258 g/mol. The molecule has 0 aromatic carbocycles. The molecule has 1 N–H and O–H groups in total. The van der Waals surface area contributed by atoms with Crippen molar-refractivity contribution in [2.45, 2.75) is 51.7 Å². The zero-order valence-electron chi connectivity index (χ0n) is 12.2. The largest absolute Gasteiger partial charge is 0.481 e. The first-order chi connectivity index (χ1) is 9.44. The van der Waals surface area contributed by atoms with E-state index in [4.69, 9.17) is 4.74 Å². The van der Waals surface area contributed by atoms with E-state index in [1.54, 1.807) is 0 Å². The zero-order chi connectivity index (χ0) is 14.5. The smallest absolute Gasteiger partial charge is 0.307 e. The van der Waals surface area contributed by atoms with E-state index < -0.39 is 17.3 Å². The van der Waals surface area contributed by atoms with Crippen molar-refractivity contribution >= 4 is 11.9 Å². The first-order valence-corrected chi connectivity index (χ1v) is 7.59. The molecule has 1 saturated heterocycles. The van der Waals surface area contributed by atoms with Crippen molar-refractivity contribution in [1.29, 1.82) is 0 Å². The summed E-state index contributed by atoms with van der Waals surface area (Å²) in [6.45, 7) is 4.96. The zero-order valence-corrected chi connectivity index (χ0v) is 12.2. The average Bonchev–Trinajstić information content (AvgIpc) is 3.00. The molecule has 0 spiro atoms. The number of amides is 1. The molecule has 0 aromatic rings. The predicted octanol–water partition coefficient (Wildman–Crippen LogP) is 1.51. The lowest BCUT2D eigenvalue weighted by Gasteiger charge is -2.44. The van der Waals surface area contributed by atoms with Crippen LogP contribution in [-0.2, 0) is 14.3 Å². The Hall–Kier alpha value is -1.10. The molecule has 1 heterocycles. The Morgan fingerprint density at radius 2 is 1.90 bits per heavy atom. The Kier molecular flexibility index (Phi) is 3.27. The van der Waals surface area contributed by atoms with E-state index >= 15 is 0 Å². The number of ether oxygens (including phenoxy) is 1. The van der Waals surface area contributed by atoms with Gasteiger partial charge in [-0.1, -0.05) is 26.7 Å². The molecule has 3 fully saturated rings. The van der Waals surface area contributed by atoms with Gasteiger partial charge in [-0.2, -0.15) is 0 Å². The number of aliphatic carboxylic acids is 1. The van der Waals surface area contributed by atoms with E-state index in [0.29, 0.717) is 13.2 Å². The summed E-state index contributed by atoms with van der Waals surface area (Å²) >= 11 is 0. The first kappa shape index (κ1) is 13.9. The third-order valence-electron chi connectivity index (χ3n) is 5.37. The van der Waals surface area contributed by atoms with Crippen LogP contribution >= 0.6 is 0 Å². The van der Waals surface area contributed by atoms with Gasteiger partial charge in [-0.3, -0.25) is 9.59 Å². The Bertz CT molecular complexity index is 432. The second kappa shape index (κ2) is 4.72. The van der Waals surface area contributed by atoms with Gasteiger partial charge in [0.05, 0.1) is 30.6 Å². The van der Waals surface area contributed by atoms with E-state index in [0.717, 1.165) is 25.7 Å².